The lowest BCUT2D eigenvalue weighted by molar-refractivity contribution is -0.135. The largest absolute Gasteiger partial charge is 0.338 e. The van der Waals surface area contributed by atoms with Gasteiger partial charge in [0.1, 0.15) is 12.1 Å². The second-order valence-electron chi connectivity index (χ2n) is 6.15. The highest BCUT2D eigenvalue weighted by atomic mass is 16.2. The first-order valence-corrected chi connectivity index (χ1v) is 8.28. The van der Waals surface area contributed by atoms with Crippen LogP contribution >= 0.6 is 0 Å². The third kappa shape index (κ3) is 2.95. The number of imide groups is 2. The molecule has 1 spiro atoms. The lowest BCUT2D eigenvalue weighted by atomic mass is 9.76. The molecule has 1 saturated heterocycles. The number of amides is 6. The van der Waals surface area contributed by atoms with Crippen LogP contribution in [-0.2, 0) is 21.5 Å². The van der Waals surface area contributed by atoms with E-state index in [0.717, 1.165) is 28.9 Å². The minimum Gasteiger partial charge on any atom is -0.338 e. The molecule has 1 heterocycles. The van der Waals surface area contributed by atoms with Gasteiger partial charge in [0.25, 0.3) is 5.91 Å². The summed E-state index contributed by atoms with van der Waals surface area (Å²) < 4.78 is 0. The summed E-state index contributed by atoms with van der Waals surface area (Å²) in [6.45, 7) is 1.58. The monoisotopic (exact) mass is 344 g/mol. The summed E-state index contributed by atoms with van der Waals surface area (Å²) in [6, 6.07) is 6.24. The highest BCUT2D eigenvalue weighted by Gasteiger charge is 2.54. The minimum absolute atomic E-state index is 0.363. The second-order valence-corrected chi connectivity index (χ2v) is 6.15. The number of nitrogens with zero attached hydrogens (tertiary/aromatic N) is 1. The Balaban J connectivity index is 1.80. The predicted octanol–water partition coefficient (Wildman–Crippen LogP) is 0.616. The molecule has 1 aromatic rings. The fourth-order valence-electron chi connectivity index (χ4n) is 3.47. The Morgan fingerprint density at radius 3 is 2.80 bits per heavy atom. The summed E-state index contributed by atoms with van der Waals surface area (Å²) in [5.74, 6) is -1.16. The molecule has 1 unspecified atom stereocenters. The maximum Gasteiger partial charge on any atom is 0.325 e. The van der Waals surface area contributed by atoms with Crippen molar-refractivity contribution < 1.29 is 19.2 Å². The molecule has 3 rings (SSSR count). The summed E-state index contributed by atoms with van der Waals surface area (Å²) in [5, 5.41) is 7.28. The lowest BCUT2D eigenvalue weighted by Gasteiger charge is -2.33. The van der Waals surface area contributed by atoms with Crippen LogP contribution in [-0.4, -0.2) is 41.9 Å². The molecule has 3 N–H and O–H groups in total. The zero-order valence-corrected chi connectivity index (χ0v) is 13.9. The standard InChI is InChI=1S/C17H20N4O4/c1-2-18-15(24)19-13(22)10-21-14(23)17(20-16(21)25)9-5-7-11-6-3-4-8-12(11)17/h3-4,6,8H,2,5,7,9-10H2,1H3,(H,20,25)(H2,18,19,22,24). The van der Waals surface area contributed by atoms with E-state index in [0.29, 0.717) is 13.0 Å². The van der Waals surface area contributed by atoms with Gasteiger partial charge in [-0.3, -0.25) is 19.8 Å². The number of benzene rings is 1. The number of hydrogen-bond donors (Lipinski definition) is 3. The van der Waals surface area contributed by atoms with Crippen LogP contribution in [0.1, 0.15) is 30.9 Å². The molecule has 25 heavy (non-hydrogen) atoms. The van der Waals surface area contributed by atoms with Gasteiger partial charge in [-0.25, -0.2) is 9.59 Å². The maximum absolute atomic E-state index is 13.0. The van der Waals surface area contributed by atoms with Gasteiger partial charge in [0.05, 0.1) is 0 Å². The van der Waals surface area contributed by atoms with Crippen LogP contribution in [0.15, 0.2) is 24.3 Å². The van der Waals surface area contributed by atoms with Gasteiger partial charge in [-0.2, -0.15) is 0 Å². The van der Waals surface area contributed by atoms with E-state index >= 15 is 0 Å². The Kier molecular flexibility index (Phi) is 4.43. The van der Waals surface area contributed by atoms with Crippen molar-refractivity contribution in [2.75, 3.05) is 13.1 Å². The molecule has 6 amide bonds. The molecule has 1 aliphatic carbocycles. The first-order chi connectivity index (χ1) is 12.0. The molecule has 8 nitrogen and oxygen atoms in total. The first kappa shape index (κ1) is 16.9. The van der Waals surface area contributed by atoms with E-state index in [9.17, 15) is 19.2 Å². The predicted molar refractivity (Wildman–Crippen MR) is 88.5 cm³/mol. The molecule has 1 atom stereocenters. The number of nitrogens with one attached hydrogen (secondary N) is 3. The molecular weight excluding hydrogens is 324 g/mol. The average molecular weight is 344 g/mol. The summed E-state index contributed by atoms with van der Waals surface area (Å²) in [4.78, 5) is 49.5. The van der Waals surface area contributed by atoms with Gasteiger partial charge in [0, 0.05) is 6.54 Å². The topological polar surface area (TPSA) is 108 Å². The van der Waals surface area contributed by atoms with Crippen molar-refractivity contribution in [2.24, 2.45) is 0 Å². The number of carbonyl (C=O) groups is 4. The Labute approximate surface area is 144 Å². The Morgan fingerprint density at radius 2 is 2.04 bits per heavy atom. The molecule has 132 valence electrons. The molecule has 1 fully saturated rings. The molecule has 0 radical (unpaired) electrons. The lowest BCUT2D eigenvalue weighted by Crippen LogP contribution is -2.48. The molecule has 2 aliphatic rings. The fourth-order valence-corrected chi connectivity index (χ4v) is 3.47. The van der Waals surface area contributed by atoms with E-state index in [-0.39, 0.29) is 0 Å². The number of urea groups is 2. The Hall–Kier alpha value is -2.90. The molecule has 8 heteroatoms. The third-order valence-corrected chi connectivity index (χ3v) is 4.54. The zero-order valence-electron chi connectivity index (χ0n) is 13.9. The smallest absolute Gasteiger partial charge is 0.325 e. The average Bonchev–Trinajstić information content (AvgIpc) is 2.80. The van der Waals surface area contributed by atoms with Crippen molar-refractivity contribution >= 4 is 23.9 Å². The number of aryl methyl sites for hydroxylation is 1. The van der Waals surface area contributed by atoms with Gasteiger partial charge in [-0.05, 0) is 37.3 Å². The number of carbonyl (C=O) groups excluding carboxylic acids is 4. The second kappa shape index (κ2) is 6.54. The van der Waals surface area contributed by atoms with Gasteiger partial charge < -0.3 is 10.6 Å². The van der Waals surface area contributed by atoms with Gasteiger partial charge in [-0.1, -0.05) is 24.3 Å². The highest BCUT2D eigenvalue weighted by molar-refractivity contribution is 6.10. The molecule has 1 aromatic carbocycles. The van der Waals surface area contributed by atoms with Crippen LogP contribution in [0.3, 0.4) is 0 Å². The maximum atomic E-state index is 13.0. The van der Waals surface area contributed by atoms with E-state index in [1.54, 1.807) is 6.92 Å². The quantitative estimate of drug-likeness (QED) is 0.699. The van der Waals surface area contributed by atoms with Crippen LogP contribution in [0.4, 0.5) is 9.59 Å². The molecular formula is C17H20N4O4. The van der Waals surface area contributed by atoms with E-state index < -0.39 is 36.0 Å². The van der Waals surface area contributed by atoms with Gasteiger partial charge in [0.2, 0.25) is 5.91 Å². The van der Waals surface area contributed by atoms with Crippen LogP contribution in [0.5, 0.6) is 0 Å². The van der Waals surface area contributed by atoms with Crippen LogP contribution in [0.25, 0.3) is 0 Å². The third-order valence-electron chi connectivity index (χ3n) is 4.54. The zero-order chi connectivity index (χ0) is 18.0. The molecule has 0 aromatic heterocycles. The van der Waals surface area contributed by atoms with Crippen molar-refractivity contribution in [3.05, 3.63) is 35.4 Å². The molecule has 0 bridgehead atoms. The summed E-state index contributed by atoms with van der Waals surface area (Å²) >= 11 is 0. The van der Waals surface area contributed by atoms with Crippen molar-refractivity contribution in [1.29, 1.82) is 0 Å². The normalized spacial score (nSPS) is 21.7. The Bertz CT molecular complexity index is 748. The van der Waals surface area contributed by atoms with Crippen molar-refractivity contribution in [3.63, 3.8) is 0 Å². The van der Waals surface area contributed by atoms with E-state index in [1.807, 2.05) is 24.3 Å². The van der Waals surface area contributed by atoms with Gasteiger partial charge in [-0.15, -0.1) is 0 Å². The summed E-state index contributed by atoms with van der Waals surface area (Å²) in [6.07, 6.45) is 2.10. The van der Waals surface area contributed by atoms with Crippen LogP contribution in [0.2, 0.25) is 0 Å². The summed E-state index contributed by atoms with van der Waals surface area (Å²) in [7, 11) is 0. The summed E-state index contributed by atoms with van der Waals surface area (Å²) in [5.41, 5.74) is 0.694. The van der Waals surface area contributed by atoms with E-state index in [4.69, 9.17) is 0 Å². The molecule has 0 saturated carbocycles. The number of fused-ring (bicyclic) bond motifs is 2. The van der Waals surface area contributed by atoms with Crippen LogP contribution < -0.4 is 16.0 Å². The number of hydrogen-bond acceptors (Lipinski definition) is 4. The van der Waals surface area contributed by atoms with Crippen molar-refractivity contribution in [2.45, 2.75) is 31.7 Å². The van der Waals surface area contributed by atoms with E-state index in [1.165, 1.54) is 0 Å². The van der Waals surface area contributed by atoms with Gasteiger partial charge in [0.15, 0.2) is 0 Å². The highest BCUT2D eigenvalue weighted by Crippen LogP contribution is 2.39. The van der Waals surface area contributed by atoms with E-state index in [2.05, 4.69) is 16.0 Å². The molecule has 1 aliphatic heterocycles. The van der Waals surface area contributed by atoms with Gasteiger partial charge >= 0.3 is 12.1 Å². The first-order valence-electron chi connectivity index (χ1n) is 8.28. The number of rotatable bonds is 3. The SMILES string of the molecule is CCNC(=O)NC(=O)CN1C(=O)NC2(CCCc3ccccc32)C1=O. The Morgan fingerprint density at radius 1 is 1.28 bits per heavy atom. The fraction of sp³-hybridized carbons (Fsp3) is 0.412. The van der Waals surface area contributed by atoms with Crippen molar-refractivity contribution in [3.8, 4) is 0 Å². The van der Waals surface area contributed by atoms with Crippen LogP contribution in [0, 0.1) is 0 Å². The minimum atomic E-state index is -1.11. The van der Waals surface area contributed by atoms with Crippen molar-refractivity contribution in [1.82, 2.24) is 20.9 Å².